The van der Waals surface area contributed by atoms with Crippen molar-refractivity contribution in [3.8, 4) is 0 Å². The number of hydrogen-bond donors (Lipinski definition) is 2. The molecule has 2 aromatic carbocycles. The van der Waals surface area contributed by atoms with Crippen molar-refractivity contribution in [3.05, 3.63) is 88.2 Å². The highest BCUT2D eigenvalue weighted by Gasteiger charge is 2.39. The third-order valence-electron chi connectivity index (χ3n) is 5.20. The Bertz CT molecular complexity index is 1400. The van der Waals surface area contributed by atoms with Gasteiger partial charge in [-0.05, 0) is 67.9 Å². The van der Waals surface area contributed by atoms with Gasteiger partial charge in [0.2, 0.25) is 10.0 Å². The van der Waals surface area contributed by atoms with Crippen molar-refractivity contribution in [2.45, 2.75) is 30.3 Å². The zero-order valence-corrected chi connectivity index (χ0v) is 20.7. The third-order valence-corrected chi connectivity index (χ3v) is 7.08. The van der Waals surface area contributed by atoms with Gasteiger partial charge in [0.15, 0.2) is 5.16 Å². The normalized spacial score (nSPS) is 14.1. The number of thioether (sulfide) groups is 1. The lowest BCUT2D eigenvalue weighted by Gasteiger charge is -2.15. The minimum absolute atomic E-state index is 0.0615. The number of nitrogens with two attached hydrogens (primary N) is 1. The van der Waals surface area contributed by atoms with E-state index < -0.39 is 21.8 Å². The maximum atomic E-state index is 13.3. The number of primary sulfonamides is 1. The molecule has 0 saturated carbocycles. The van der Waals surface area contributed by atoms with E-state index in [-0.39, 0.29) is 22.0 Å². The molecule has 4 rings (SSSR count). The third kappa shape index (κ3) is 5.76. The first-order valence-electron chi connectivity index (χ1n) is 10.7. The van der Waals surface area contributed by atoms with Crippen LogP contribution in [0.1, 0.15) is 17.0 Å². The first-order valence-corrected chi connectivity index (χ1v) is 13.0. The predicted molar refractivity (Wildman–Crippen MR) is 133 cm³/mol. The number of nitrogens with one attached hydrogen (secondary N) is 1. The number of nitrogens with zero attached hydrogens (tertiary/aromatic N) is 3. The minimum Gasteiger partial charge on any atom is -0.350 e. The number of sulfonamides is 1. The van der Waals surface area contributed by atoms with Gasteiger partial charge in [0.1, 0.15) is 10.6 Å². The number of anilines is 1. The molecule has 0 unspecified atom stereocenters. The second-order valence-electron chi connectivity index (χ2n) is 7.93. The highest BCUT2D eigenvalue weighted by molar-refractivity contribution is 8.04. The summed E-state index contributed by atoms with van der Waals surface area (Å²) in [5, 5.41) is 8.50. The topological polar surface area (TPSA) is 135 Å². The number of rotatable bonds is 8. The average molecular weight is 510 g/mol. The van der Waals surface area contributed by atoms with Crippen LogP contribution in [-0.2, 0) is 26.0 Å². The molecule has 0 aliphatic carbocycles. The molecule has 0 saturated heterocycles. The van der Waals surface area contributed by atoms with Crippen molar-refractivity contribution in [3.63, 3.8) is 0 Å². The largest absolute Gasteiger partial charge is 0.350 e. The Hall–Kier alpha value is -3.54. The number of carbonyl (C=O) groups is 2. The van der Waals surface area contributed by atoms with Gasteiger partial charge in [-0.3, -0.25) is 14.5 Å². The van der Waals surface area contributed by atoms with Gasteiger partial charge in [0.05, 0.1) is 4.90 Å². The molecule has 0 atom stereocenters. The molecule has 2 amide bonds. The van der Waals surface area contributed by atoms with Crippen LogP contribution in [0.4, 0.5) is 5.69 Å². The minimum atomic E-state index is -3.86. The Kier molecular flexibility index (Phi) is 7.01. The summed E-state index contributed by atoms with van der Waals surface area (Å²) in [5.41, 5.74) is 3.00. The number of imide groups is 1. The molecule has 0 radical (unpaired) electrons. The van der Waals surface area contributed by atoms with E-state index in [4.69, 9.17) is 5.14 Å². The number of aryl methyl sites for hydroxylation is 2. The summed E-state index contributed by atoms with van der Waals surface area (Å²) >= 11 is 1.02. The Labute approximate surface area is 207 Å². The number of aromatic nitrogens is 2. The number of hydrogen-bond acceptors (Lipinski definition) is 8. The van der Waals surface area contributed by atoms with Crippen molar-refractivity contribution in [1.82, 2.24) is 14.9 Å². The predicted octanol–water partition coefficient (Wildman–Crippen LogP) is 2.77. The maximum Gasteiger partial charge on any atom is 0.278 e. The molecule has 9 nitrogen and oxygen atoms in total. The van der Waals surface area contributed by atoms with E-state index in [1.54, 1.807) is 0 Å². The van der Waals surface area contributed by atoms with E-state index >= 15 is 0 Å². The molecule has 2 heterocycles. The van der Waals surface area contributed by atoms with Crippen molar-refractivity contribution < 1.29 is 18.0 Å². The smallest absolute Gasteiger partial charge is 0.278 e. The molecule has 3 N–H and O–H groups in total. The first kappa shape index (κ1) is 24.6. The van der Waals surface area contributed by atoms with Crippen LogP contribution in [0.2, 0.25) is 0 Å². The molecule has 0 spiro atoms. The highest BCUT2D eigenvalue weighted by Crippen LogP contribution is 2.34. The summed E-state index contributed by atoms with van der Waals surface area (Å²) in [7, 11) is -3.86. The second kappa shape index (κ2) is 9.98. The Morgan fingerprint density at radius 3 is 2.17 bits per heavy atom. The van der Waals surface area contributed by atoms with Gasteiger partial charge in [0, 0.05) is 23.6 Å². The van der Waals surface area contributed by atoms with E-state index in [0.29, 0.717) is 17.3 Å². The van der Waals surface area contributed by atoms with E-state index in [9.17, 15) is 18.0 Å². The molecule has 1 aliphatic rings. The summed E-state index contributed by atoms with van der Waals surface area (Å²) in [4.78, 5) is 36.7. The monoisotopic (exact) mass is 509 g/mol. The van der Waals surface area contributed by atoms with Gasteiger partial charge < -0.3 is 5.32 Å². The molecule has 0 fully saturated rings. The van der Waals surface area contributed by atoms with Crippen LogP contribution in [0.15, 0.2) is 81.3 Å². The van der Waals surface area contributed by atoms with E-state index in [1.165, 1.54) is 29.2 Å². The van der Waals surface area contributed by atoms with Gasteiger partial charge >= 0.3 is 0 Å². The number of amides is 2. The molecular weight excluding hydrogens is 486 g/mol. The zero-order chi connectivity index (χ0) is 25.2. The van der Waals surface area contributed by atoms with E-state index in [0.717, 1.165) is 28.7 Å². The lowest BCUT2D eigenvalue weighted by molar-refractivity contribution is -0.137. The van der Waals surface area contributed by atoms with Crippen LogP contribution >= 0.6 is 11.8 Å². The van der Waals surface area contributed by atoms with Gasteiger partial charge in [-0.1, -0.05) is 30.3 Å². The van der Waals surface area contributed by atoms with Gasteiger partial charge in [-0.2, -0.15) is 0 Å². The van der Waals surface area contributed by atoms with Crippen molar-refractivity contribution >= 4 is 39.3 Å². The SMILES string of the molecule is Cc1cc(C)nc(SC2=C(Nc3ccc(S(N)(=O)=O)cc3)C(=O)N(CCc3ccccc3)C2=O)n1. The van der Waals surface area contributed by atoms with Crippen LogP contribution in [0.3, 0.4) is 0 Å². The van der Waals surface area contributed by atoms with E-state index in [1.807, 2.05) is 50.2 Å². The molecule has 11 heteroatoms. The fraction of sp³-hybridized carbons (Fsp3) is 0.167. The summed E-state index contributed by atoms with van der Waals surface area (Å²) in [6.45, 7) is 3.86. The quantitative estimate of drug-likeness (QED) is 0.350. The summed E-state index contributed by atoms with van der Waals surface area (Å²) < 4.78 is 23.1. The van der Waals surface area contributed by atoms with Crippen LogP contribution in [-0.4, -0.2) is 41.6 Å². The molecule has 180 valence electrons. The molecular formula is C24H23N5O4S2. The average Bonchev–Trinajstić information content (AvgIpc) is 3.01. The molecule has 3 aromatic rings. The van der Waals surface area contributed by atoms with Crippen molar-refractivity contribution in [2.24, 2.45) is 5.14 Å². The zero-order valence-electron chi connectivity index (χ0n) is 19.1. The Morgan fingerprint density at radius 1 is 0.943 bits per heavy atom. The Balaban J connectivity index is 1.65. The Morgan fingerprint density at radius 2 is 1.57 bits per heavy atom. The standard InChI is InChI=1S/C24H23N5O4S2/c1-15-14-16(2)27-24(26-15)34-21-20(28-18-8-10-19(11-9-18)35(25,32)33)22(30)29(23(21)31)13-12-17-6-4-3-5-7-17/h3-11,14,28H,12-13H2,1-2H3,(H2,25,32,33). The summed E-state index contributed by atoms with van der Waals surface area (Å²) in [6, 6.07) is 17.0. The molecule has 0 bridgehead atoms. The lowest BCUT2D eigenvalue weighted by Crippen LogP contribution is -2.34. The highest BCUT2D eigenvalue weighted by atomic mass is 32.2. The van der Waals surface area contributed by atoms with Crippen LogP contribution in [0.5, 0.6) is 0 Å². The lowest BCUT2D eigenvalue weighted by atomic mass is 10.1. The summed E-state index contributed by atoms with van der Waals surface area (Å²) in [5.74, 6) is -0.921. The fourth-order valence-corrected chi connectivity index (χ4v) is 5.07. The van der Waals surface area contributed by atoms with E-state index in [2.05, 4.69) is 15.3 Å². The van der Waals surface area contributed by atoms with Crippen molar-refractivity contribution in [1.29, 1.82) is 0 Å². The van der Waals surface area contributed by atoms with Crippen LogP contribution in [0.25, 0.3) is 0 Å². The number of benzene rings is 2. The summed E-state index contributed by atoms with van der Waals surface area (Å²) in [6.07, 6.45) is 0.507. The van der Waals surface area contributed by atoms with Crippen LogP contribution < -0.4 is 10.5 Å². The molecule has 1 aliphatic heterocycles. The van der Waals surface area contributed by atoms with Gasteiger partial charge in [-0.15, -0.1) is 0 Å². The van der Waals surface area contributed by atoms with Gasteiger partial charge in [0.25, 0.3) is 11.8 Å². The maximum absolute atomic E-state index is 13.3. The first-order chi connectivity index (χ1) is 16.6. The van der Waals surface area contributed by atoms with Gasteiger partial charge in [-0.25, -0.2) is 23.5 Å². The number of carbonyl (C=O) groups excluding carboxylic acids is 2. The van der Waals surface area contributed by atoms with Crippen molar-refractivity contribution in [2.75, 3.05) is 11.9 Å². The fourth-order valence-electron chi connectivity index (χ4n) is 3.55. The van der Waals surface area contributed by atoms with Crippen LogP contribution in [0, 0.1) is 13.8 Å². The second-order valence-corrected chi connectivity index (χ2v) is 10.5. The molecule has 1 aromatic heterocycles. The molecule has 35 heavy (non-hydrogen) atoms.